The van der Waals surface area contributed by atoms with Crippen LogP contribution in [0.1, 0.15) is 70.0 Å². The van der Waals surface area contributed by atoms with E-state index >= 15 is 0 Å². The molecular weight excluding hydrogens is 792 g/mol. The summed E-state index contributed by atoms with van der Waals surface area (Å²) < 4.78 is 23.6. The lowest BCUT2D eigenvalue weighted by Crippen LogP contribution is -2.46. The highest BCUT2D eigenvalue weighted by atomic mass is 16.7. The van der Waals surface area contributed by atoms with E-state index in [1.165, 1.54) is 59.4 Å². The number of fused-ring (bicyclic) bond motifs is 14. The third-order valence-corrected chi connectivity index (χ3v) is 12.1. The summed E-state index contributed by atoms with van der Waals surface area (Å²) in [4.78, 5) is 42.6. The van der Waals surface area contributed by atoms with Gasteiger partial charge in [-0.05, 0) is 19.9 Å². The molecule has 4 aliphatic rings. The van der Waals surface area contributed by atoms with E-state index in [-0.39, 0.29) is 51.1 Å². The topological polar surface area (TPSA) is 240 Å². The SMILES string of the molecule is COC1C=COC2(C)Oc3c(C)c(O)c4c(O)c(c(C=NN5CCN(CCO)CC5)c(O)c4c3C2=O)NC(=O)C(C)=CC=CC(C)C(O)C(C)C(O)C(C)C(OC(C)=O)C1C. The molecule has 2 aromatic carbocycles. The van der Waals surface area contributed by atoms with Crippen LogP contribution in [0.15, 0.2) is 41.2 Å². The number of carbonyl (C=O) groups is 3. The molecule has 1 fully saturated rings. The Morgan fingerprint density at radius 3 is 2.26 bits per heavy atom. The van der Waals surface area contributed by atoms with Crippen molar-refractivity contribution in [1.29, 1.82) is 0 Å². The molecule has 2 aromatic rings. The van der Waals surface area contributed by atoms with Gasteiger partial charge in [-0.1, -0.05) is 45.9 Å². The van der Waals surface area contributed by atoms with E-state index in [0.29, 0.717) is 32.7 Å². The molecule has 4 heterocycles. The van der Waals surface area contributed by atoms with Crippen molar-refractivity contribution in [2.24, 2.45) is 28.8 Å². The van der Waals surface area contributed by atoms with Crippen molar-refractivity contribution in [1.82, 2.24) is 9.91 Å². The van der Waals surface area contributed by atoms with Crippen molar-refractivity contribution in [3.05, 3.63) is 52.8 Å². The fraction of sp³-hybridized carbons (Fsp3) is 0.545. The third kappa shape index (κ3) is 9.50. The lowest BCUT2D eigenvalue weighted by Gasteiger charge is -2.38. The summed E-state index contributed by atoms with van der Waals surface area (Å²) >= 11 is 0. The van der Waals surface area contributed by atoms with Gasteiger partial charge in [-0.15, -0.1) is 0 Å². The van der Waals surface area contributed by atoms with Crippen molar-refractivity contribution >= 4 is 40.3 Å². The third-order valence-electron chi connectivity index (χ3n) is 12.1. The summed E-state index contributed by atoms with van der Waals surface area (Å²) in [6.07, 6.45) is 4.74. The Bertz CT molecular complexity index is 2110. The number of ketones is 1. The molecule has 4 aliphatic heterocycles. The quantitative estimate of drug-likeness (QED) is 0.0949. The highest BCUT2D eigenvalue weighted by molar-refractivity contribution is 6.23. The van der Waals surface area contributed by atoms with E-state index in [4.69, 9.17) is 18.9 Å². The predicted octanol–water partition coefficient (Wildman–Crippen LogP) is 3.70. The normalized spacial score (nSPS) is 29.5. The van der Waals surface area contributed by atoms with Crippen LogP contribution in [0.4, 0.5) is 5.69 Å². The number of phenols is 3. The second-order valence-electron chi connectivity index (χ2n) is 16.4. The first-order valence-electron chi connectivity index (χ1n) is 20.5. The van der Waals surface area contributed by atoms with Crippen molar-refractivity contribution < 1.29 is 64.0 Å². The second-order valence-corrected chi connectivity index (χ2v) is 16.4. The predicted molar refractivity (Wildman–Crippen MR) is 227 cm³/mol. The number of amides is 1. The van der Waals surface area contributed by atoms with Crippen LogP contribution in [-0.4, -0.2) is 141 Å². The molecule has 9 atom stereocenters. The molecule has 17 heteroatoms. The highest BCUT2D eigenvalue weighted by Gasteiger charge is 2.50. The van der Waals surface area contributed by atoms with Crippen LogP contribution in [0.3, 0.4) is 0 Å². The number of ether oxygens (including phenoxy) is 4. The maximum atomic E-state index is 14.5. The number of nitrogens with one attached hydrogen (secondary N) is 1. The monoisotopic (exact) mass is 852 g/mol. The van der Waals surface area contributed by atoms with E-state index in [9.17, 15) is 45.0 Å². The molecule has 6 rings (SSSR count). The van der Waals surface area contributed by atoms with Crippen LogP contribution >= 0.6 is 0 Å². The fourth-order valence-corrected chi connectivity index (χ4v) is 8.23. The second kappa shape index (κ2) is 19.2. The first-order chi connectivity index (χ1) is 28.8. The van der Waals surface area contributed by atoms with E-state index in [0.717, 1.165) is 0 Å². The molecule has 7 N–H and O–H groups in total. The number of nitrogens with zero attached hydrogens (tertiary/aromatic N) is 3. The number of piperazine rings is 1. The summed E-state index contributed by atoms with van der Waals surface area (Å²) in [5.74, 6) is -8.54. The van der Waals surface area contributed by atoms with Crippen LogP contribution in [0.2, 0.25) is 0 Å². The van der Waals surface area contributed by atoms with Gasteiger partial charge in [0.2, 0.25) is 0 Å². The number of β-amino-alcohol motifs (C(OH)–C–C–N with tert-alkyl or cyclic N) is 1. The Hall–Kier alpha value is -5.20. The Kier molecular flexibility index (Phi) is 14.8. The number of phenolic OH excluding ortho intramolecular Hbond substituents is 3. The average Bonchev–Trinajstić information content (AvgIpc) is 3.49. The summed E-state index contributed by atoms with van der Waals surface area (Å²) in [5.41, 5.74) is -0.465. The van der Waals surface area contributed by atoms with Crippen LogP contribution in [0, 0.1) is 30.6 Å². The van der Waals surface area contributed by atoms with E-state index in [2.05, 4.69) is 15.3 Å². The molecule has 5 bridgehead atoms. The van der Waals surface area contributed by atoms with Gasteiger partial charge in [0.05, 0.1) is 59.6 Å². The number of carbonyl (C=O) groups excluding carboxylic acids is 3. The number of benzene rings is 2. The molecule has 0 aliphatic carbocycles. The number of anilines is 1. The van der Waals surface area contributed by atoms with Crippen molar-refractivity contribution in [2.45, 2.75) is 85.6 Å². The zero-order valence-corrected chi connectivity index (χ0v) is 36.2. The first-order valence-corrected chi connectivity index (χ1v) is 20.5. The Balaban J connectivity index is 1.69. The van der Waals surface area contributed by atoms with Gasteiger partial charge in [-0.25, -0.2) is 0 Å². The van der Waals surface area contributed by atoms with E-state index in [1.54, 1.807) is 44.9 Å². The molecular formula is C44H60N4O13. The van der Waals surface area contributed by atoms with Gasteiger partial charge in [0.25, 0.3) is 11.7 Å². The smallest absolute Gasteiger partial charge is 0.312 e. The number of aliphatic hydroxyl groups excluding tert-OH is 3. The summed E-state index contributed by atoms with van der Waals surface area (Å²) in [5, 5.41) is 76.2. The zero-order valence-electron chi connectivity index (χ0n) is 36.2. The van der Waals surface area contributed by atoms with E-state index in [1.807, 2.05) is 0 Å². The number of hydrogen-bond acceptors (Lipinski definition) is 16. The number of hydrazone groups is 1. The largest absolute Gasteiger partial charge is 0.507 e. The lowest BCUT2D eigenvalue weighted by molar-refractivity contribution is -0.160. The van der Waals surface area contributed by atoms with Gasteiger partial charge in [0.15, 0.2) is 5.75 Å². The maximum Gasteiger partial charge on any atom is 0.312 e. The van der Waals surface area contributed by atoms with Crippen LogP contribution in [0.25, 0.3) is 10.8 Å². The van der Waals surface area contributed by atoms with Crippen LogP contribution < -0.4 is 10.1 Å². The number of aromatic hydroxyl groups is 3. The maximum absolute atomic E-state index is 14.5. The van der Waals surface area contributed by atoms with Gasteiger partial charge in [-0.3, -0.25) is 24.3 Å². The lowest BCUT2D eigenvalue weighted by atomic mass is 9.78. The molecule has 1 saturated heterocycles. The molecule has 9 unspecified atom stereocenters. The molecule has 334 valence electrons. The van der Waals surface area contributed by atoms with Gasteiger partial charge in [-0.2, -0.15) is 5.10 Å². The van der Waals surface area contributed by atoms with Crippen molar-refractivity contribution in [3.63, 3.8) is 0 Å². The minimum atomic E-state index is -2.06. The molecule has 0 spiro atoms. The van der Waals surface area contributed by atoms with Gasteiger partial charge < -0.3 is 54.9 Å². The highest BCUT2D eigenvalue weighted by Crippen LogP contribution is 2.55. The molecule has 61 heavy (non-hydrogen) atoms. The Morgan fingerprint density at radius 2 is 1.64 bits per heavy atom. The summed E-state index contributed by atoms with van der Waals surface area (Å²) in [7, 11) is 1.43. The number of esters is 1. The molecule has 0 radical (unpaired) electrons. The molecule has 1 amide bonds. The minimum Gasteiger partial charge on any atom is -0.507 e. The first kappa shape index (κ1) is 46.9. The number of aliphatic hydroxyl groups is 3. The van der Waals surface area contributed by atoms with Gasteiger partial charge in [0.1, 0.15) is 23.4 Å². The van der Waals surface area contributed by atoms with E-state index < -0.39 is 88.8 Å². The average molecular weight is 853 g/mol. The van der Waals surface area contributed by atoms with Gasteiger partial charge in [0, 0.05) is 93.9 Å². The number of Topliss-reactive ketones (excluding diaryl/α,β-unsaturated/α-hetero) is 1. The molecule has 0 saturated carbocycles. The summed E-state index contributed by atoms with van der Waals surface area (Å²) in [6.45, 7) is 15.1. The Morgan fingerprint density at radius 1 is 0.967 bits per heavy atom. The standard InChI is InChI=1S/C44H60N4O13/c1-22-11-10-12-23(2)43(57)46-34-29(21-45-48-16-14-47(15-17-48)18-19-49)38(54)31-32(39(34)55)37(53)27(6)41-33(31)42(56)44(8,61-41)59-20-13-30(58-9)24(3)40(60-28(7)50)26(5)36(52)25(4)35(22)51/h10-13,20-22,24-26,30,35-36,40,49,51-55H,14-19H2,1-9H3,(H,46,57). The summed E-state index contributed by atoms with van der Waals surface area (Å²) in [6, 6.07) is 0. The number of hydrogen-bond donors (Lipinski definition) is 7. The fourth-order valence-electron chi connectivity index (χ4n) is 8.23. The van der Waals surface area contributed by atoms with Crippen molar-refractivity contribution in [3.8, 4) is 23.0 Å². The molecule has 17 nitrogen and oxygen atoms in total. The minimum absolute atomic E-state index is 0.00821. The van der Waals surface area contributed by atoms with Crippen LogP contribution in [-0.2, 0) is 23.8 Å². The zero-order chi connectivity index (χ0) is 45.1. The number of allylic oxidation sites excluding steroid dienone is 2. The van der Waals surface area contributed by atoms with Crippen LogP contribution in [0.5, 0.6) is 23.0 Å². The Labute approximate surface area is 355 Å². The molecule has 0 aromatic heterocycles. The van der Waals surface area contributed by atoms with Gasteiger partial charge >= 0.3 is 11.8 Å². The number of methoxy groups -OCH3 is 1. The van der Waals surface area contributed by atoms with Crippen molar-refractivity contribution in [2.75, 3.05) is 51.8 Å². The number of rotatable bonds is 6.